The molecule has 0 bridgehead atoms. The Morgan fingerprint density at radius 3 is 2.46 bits per heavy atom. The van der Waals surface area contributed by atoms with Crippen LogP contribution < -0.4 is 10.1 Å². The fourth-order valence-electron chi connectivity index (χ4n) is 2.53. The van der Waals surface area contributed by atoms with Gasteiger partial charge in [0.15, 0.2) is 0 Å². The number of aryl methyl sites for hydroxylation is 2. The number of ether oxygens (including phenoxy) is 1. The maximum Gasteiger partial charge on any atom is 0.230 e. The number of para-hydroxylation sites is 1. The lowest BCUT2D eigenvalue weighted by atomic mass is 10.0. The normalized spacial score (nSPS) is 11.8. The van der Waals surface area contributed by atoms with Gasteiger partial charge >= 0.3 is 0 Å². The van der Waals surface area contributed by atoms with Crippen LogP contribution in [0, 0.1) is 13.8 Å². The number of hydrogen-bond acceptors (Lipinski definition) is 3. The molecule has 128 valence electrons. The lowest BCUT2D eigenvalue weighted by Crippen LogP contribution is -2.28. The average Bonchev–Trinajstić information content (AvgIpc) is 2.56. The number of carbonyl (C=O) groups is 1. The lowest BCUT2D eigenvalue weighted by Gasteiger charge is -2.16. The highest BCUT2D eigenvalue weighted by molar-refractivity contribution is 7.99. The topological polar surface area (TPSA) is 38.3 Å². The molecule has 0 saturated heterocycles. The Bertz CT molecular complexity index is 672. The Labute approximate surface area is 148 Å². The first-order chi connectivity index (χ1) is 11.6. The number of nitrogens with one attached hydrogen (secondary N) is 1. The molecule has 24 heavy (non-hydrogen) atoms. The fraction of sp³-hybridized carbons (Fsp3) is 0.350. The molecule has 0 aliphatic carbocycles. The molecule has 0 aliphatic heterocycles. The smallest absolute Gasteiger partial charge is 0.230 e. The molecule has 1 amide bonds. The molecule has 0 saturated carbocycles. The van der Waals surface area contributed by atoms with Crippen LogP contribution in [0.15, 0.2) is 48.5 Å². The van der Waals surface area contributed by atoms with Crippen molar-refractivity contribution < 1.29 is 9.53 Å². The summed E-state index contributed by atoms with van der Waals surface area (Å²) < 4.78 is 5.73. The van der Waals surface area contributed by atoms with Gasteiger partial charge in [-0.25, -0.2) is 0 Å². The molecule has 0 aliphatic rings. The summed E-state index contributed by atoms with van der Waals surface area (Å²) in [6, 6.07) is 16.1. The Balaban J connectivity index is 1.67. The fourth-order valence-corrected chi connectivity index (χ4v) is 3.14. The zero-order valence-corrected chi connectivity index (χ0v) is 15.4. The van der Waals surface area contributed by atoms with Gasteiger partial charge in [0.2, 0.25) is 5.91 Å². The molecule has 1 N–H and O–H groups in total. The summed E-state index contributed by atoms with van der Waals surface area (Å²) in [5, 5.41) is 3.05. The van der Waals surface area contributed by atoms with Crippen LogP contribution in [0.4, 0.5) is 0 Å². The number of carbonyl (C=O) groups excluding carboxylic acids is 1. The molecular weight excluding hydrogens is 318 g/mol. The van der Waals surface area contributed by atoms with Crippen LogP contribution in [0.3, 0.4) is 0 Å². The molecule has 2 aromatic carbocycles. The highest BCUT2D eigenvalue weighted by Gasteiger charge is 2.11. The number of rotatable bonds is 8. The highest BCUT2D eigenvalue weighted by Crippen LogP contribution is 2.18. The van der Waals surface area contributed by atoms with E-state index in [1.807, 2.05) is 50.2 Å². The van der Waals surface area contributed by atoms with Crippen molar-refractivity contribution >= 4 is 17.7 Å². The van der Waals surface area contributed by atoms with E-state index < -0.39 is 0 Å². The third-order valence-corrected chi connectivity index (χ3v) is 4.77. The zero-order chi connectivity index (χ0) is 17.4. The van der Waals surface area contributed by atoms with E-state index in [4.69, 9.17) is 4.74 Å². The predicted molar refractivity (Wildman–Crippen MR) is 102 cm³/mol. The van der Waals surface area contributed by atoms with E-state index in [-0.39, 0.29) is 11.9 Å². The second kappa shape index (κ2) is 9.38. The van der Waals surface area contributed by atoms with Gasteiger partial charge in [-0.2, -0.15) is 0 Å². The SMILES string of the molecule is Cc1ccccc1OCCSCC(=O)NC(C)c1ccccc1C. The molecule has 0 radical (unpaired) electrons. The minimum atomic E-state index is 0.0301. The van der Waals surface area contributed by atoms with Gasteiger partial charge in [-0.05, 0) is 43.5 Å². The average molecular weight is 343 g/mol. The second-order valence-electron chi connectivity index (χ2n) is 5.81. The van der Waals surface area contributed by atoms with Gasteiger partial charge in [0.1, 0.15) is 5.75 Å². The quantitative estimate of drug-likeness (QED) is 0.727. The minimum absolute atomic E-state index is 0.0301. The van der Waals surface area contributed by atoms with E-state index in [1.165, 1.54) is 11.1 Å². The van der Waals surface area contributed by atoms with Crippen LogP contribution in [0.2, 0.25) is 0 Å². The molecule has 0 aromatic heterocycles. The Hall–Kier alpha value is -1.94. The van der Waals surface area contributed by atoms with Crippen molar-refractivity contribution in [3.05, 3.63) is 65.2 Å². The van der Waals surface area contributed by atoms with E-state index in [1.54, 1.807) is 11.8 Å². The second-order valence-corrected chi connectivity index (χ2v) is 6.92. The van der Waals surface area contributed by atoms with Crippen molar-refractivity contribution in [2.75, 3.05) is 18.1 Å². The predicted octanol–water partition coefficient (Wildman–Crippen LogP) is 4.29. The lowest BCUT2D eigenvalue weighted by molar-refractivity contribution is -0.119. The third kappa shape index (κ3) is 5.60. The van der Waals surface area contributed by atoms with Crippen molar-refractivity contribution in [3.8, 4) is 5.75 Å². The maximum atomic E-state index is 12.1. The molecule has 1 unspecified atom stereocenters. The van der Waals surface area contributed by atoms with Gasteiger partial charge < -0.3 is 10.1 Å². The number of thioether (sulfide) groups is 1. The Morgan fingerprint density at radius 1 is 1.08 bits per heavy atom. The maximum absolute atomic E-state index is 12.1. The van der Waals surface area contributed by atoms with Crippen molar-refractivity contribution in [2.24, 2.45) is 0 Å². The van der Waals surface area contributed by atoms with Gasteiger partial charge in [-0.1, -0.05) is 42.5 Å². The van der Waals surface area contributed by atoms with Crippen LogP contribution >= 0.6 is 11.8 Å². The van der Waals surface area contributed by atoms with Gasteiger partial charge in [0, 0.05) is 5.75 Å². The number of benzene rings is 2. The van der Waals surface area contributed by atoms with Gasteiger partial charge in [-0.15, -0.1) is 11.8 Å². The summed E-state index contributed by atoms with van der Waals surface area (Å²) in [5.74, 6) is 2.22. The van der Waals surface area contributed by atoms with Crippen LogP contribution in [-0.2, 0) is 4.79 Å². The van der Waals surface area contributed by atoms with Crippen molar-refractivity contribution in [3.63, 3.8) is 0 Å². The molecule has 2 rings (SSSR count). The Morgan fingerprint density at radius 2 is 1.75 bits per heavy atom. The van der Waals surface area contributed by atoms with Gasteiger partial charge in [-0.3, -0.25) is 4.79 Å². The standard InChI is InChI=1S/C20H25NO2S/c1-15-8-4-6-10-18(15)17(3)21-20(22)14-24-13-12-23-19-11-7-5-9-16(19)2/h4-11,17H,12-14H2,1-3H3,(H,21,22). The molecule has 0 heterocycles. The minimum Gasteiger partial charge on any atom is -0.492 e. The zero-order valence-electron chi connectivity index (χ0n) is 14.5. The first-order valence-electron chi connectivity index (χ1n) is 8.19. The summed E-state index contributed by atoms with van der Waals surface area (Å²) in [4.78, 5) is 12.1. The largest absolute Gasteiger partial charge is 0.492 e. The van der Waals surface area contributed by atoms with E-state index in [0.717, 1.165) is 17.1 Å². The number of amides is 1. The Kier molecular flexibility index (Phi) is 7.19. The molecule has 2 aromatic rings. The molecular formula is C20H25NO2S. The van der Waals surface area contributed by atoms with Crippen LogP contribution in [0.25, 0.3) is 0 Å². The molecule has 0 fully saturated rings. The van der Waals surface area contributed by atoms with Crippen molar-refractivity contribution in [1.82, 2.24) is 5.32 Å². The van der Waals surface area contributed by atoms with Crippen LogP contribution in [0.5, 0.6) is 5.75 Å². The number of hydrogen-bond donors (Lipinski definition) is 1. The van der Waals surface area contributed by atoms with Gasteiger partial charge in [0.05, 0.1) is 18.4 Å². The van der Waals surface area contributed by atoms with E-state index in [2.05, 4.69) is 24.4 Å². The summed E-state index contributed by atoms with van der Waals surface area (Å²) in [7, 11) is 0. The van der Waals surface area contributed by atoms with Crippen LogP contribution in [-0.4, -0.2) is 24.0 Å². The summed E-state index contributed by atoms with van der Waals surface area (Å²) >= 11 is 1.59. The summed E-state index contributed by atoms with van der Waals surface area (Å²) in [5.41, 5.74) is 3.50. The van der Waals surface area contributed by atoms with E-state index >= 15 is 0 Å². The molecule has 0 spiro atoms. The monoisotopic (exact) mass is 343 g/mol. The van der Waals surface area contributed by atoms with Crippen molar-refractivity contribution in [2.45, 2.75) is 26.8 Å². The third-order valence-electron chi connectivity index (χ3n) is 3.84. The van der Waals surface area contributed by atoms with Gasteiger partial charge in [0.25, 0.3) is 0 Å². The van der Waals surface area contributed by atoms with Crippen LogP contribution in [0.1, 0.15) is 29.7 Å². The van der Waals surface area contributed by atoms with E-state index in [0.29, 0.717) is 12.4 Å². The molecule has 1 atom stereocenters. The molecule has 4 heteroatoms. The first kappa shape index (κ1) is 18.4. The first-order valence-corrected chi connectivity index (χ1v) is 9.34. The summed E-state index contributed by atoms with van der Waals surface area (Å²) in [6.45, 7) is 6.72. The highest BCUT2D eigenvalue weighted by atomic mass is 32.2. The van der Waals surface area contributed by atoms with Crippen molar-refractivity contribution in [1.29, 1.82) is 0 Å². The summed E-state index contributed by atoms with van der Waals surface area (Å²) in [6.07, 6.45) is 0. The van der Waals surface area contributed by atoms with E-state index in [9.17, 15) is 4.79 Å². The molecule has 3 nitrogen and oxygen atoms in total.